The average Bonchev–Trinajstić information content (AvgIpc) is 2.39. The van der Waals surface area contributed by atoms with Gasteiger partial charge in [0.1, 0.15) is 5.50 Å². The Labute approximate surface area is 111 Å². The monoisotopic (exact) mass is 253 g/mol. The van der Waals surface area contributed by atoms with Crippen molar-refractivity contribution in [2.24, 2.45) is 0 Å². The standard InChI is InChI=1S/C15H24ClN/c1-3-5-12-17(13-6-4-2)15(16)14-10-8-7-9-11-14/h7-11,15H,3-6,12-13H2,1-2H3. The highest BCUT2D eigenvalue weighted by molar-refractivity contribution is 6.20. The molecule has 0 aliphatic carbocycles. The molecule has 1 atom stereocenters. The molecule has 0 N–H and O–H groups in total. The largest absolute Gasteiger partial charge is 0.284 e. The number of unbranched alkanes of at least 4 members (excludes halogenated alkanes) is 2. The maximum Gasteiger partial charge on any atom is 0.111 e. The second-order valence-corrected chi connectivity index (χ2v) is 4.90. The number of rotatable bonds is 8. The van der Waals surface area contributed by atoms with Crippen molar-refractivity contribution in [3.05, 3.63) is 35.9 Å². The normalized spacial score (nSPS) is 12.9. The van der Waals surface area contributed by atoms with Crippen molar-refractivity contribution in [3.8, 4) is 0 Å². The van der Waals surface area contributed by atoms with E-state index in [2.05, 4.69) is 43.0 Å². The van der Waals surface area contributed by atoms with E-state index < -0.39 is 0 Å². The number of alkyl halides is 1. The smallest absolute Gasteiger partial charge is 0.111 e. The summed E-state index contributed by atoms with van der Waals surface area (Å²) in [5.41, 5.74) is 1.23. The molecule has 1 aromatic rings. The quantitative estimate of drug-likeness (QED) is 0.474. The second-order valence-electron chi connectivity index (χ2n) is 4.49. The minimum atomic E-state index is 0.0225. The minimum Gasteiger partial charge on any atom is -0.284 e. The molecule has 2 heteroatoms. The molecule has 0 fully saturated rings. The van der Waals surface area contributed by atoms with Gasteiger partial charge in [0.15, 0.2) is 0 Å². The van der Waals surface area contributed by atoms with Crippen LogP contribution in [0.4, 0.5) is 0 Å². The Kier molecular flexibility index (Phi) is 7.30. The highest BCUT2D eigenvalue weighted by Crippen LogP contribution is 2.25. The molecule has 0 aliphatic heterocycles. The van der Waals surface area contributed by atoms with E-state index in [1.807, 2.05) is 6.07 Å². The molecule has 0 amide bonds. The van der Waals surface area contributed by atoms with Crippen LogP contribution in [0.25, 0.3) is 0 Å². The topological polar surface area (TPSA) is 3.24 Å². The van der Waals surface area contributed by atoms with E-state index in [0.717, 1.165) is 13.1 Å². The van der Waals surface area contributed by atoms with Crippen LogP contribution in [0, 0.1) is 0 Å². The molecule has 0 bridgehead atoms. The van der Waals surface area contributed by atoms with Crippen molar-refractivity contribution < 1.29 is 0 Å². The molecule has 0 aromatic heterocycles. The third-order valence-corrected chi connectivity index (χ3v) is 3.52. The van der Waals surface area contributed by atoms with Gasteiger partial charge in [0, 0.05) is 0 Å². The van der Waals surface area contributed by atoms with Crippen LogP contribution in [0.15, 0.2) is 30.3 Å². The summed E-state index contributed by atoms with van der Waals surface area (Å²) in [7, 11) is 0. The van der Waals surface area contributed by atoms with E-state index in [-0.39, 0.29) is 5.50 Å². The number of halogens is 1. The van der Waals surface area contributed by atoms with Gasteiger partial charge >= 0.3 is 0 Å². The van der Waals surface area contributed by atoms with Gasteiger partial charge in [-0.05, 0) is 31.5 Å². The van der Waals surface area contributed by atoms with Crippen LogP contribution >= 0.6 is 11.6 Å². The molecule has 1 rings (SSSR count). The van der Waals surface area contributed by atoms with Crippen LogP contribution in [-0.2, 0) is 0 Å². The lowest BCUT2D eigenvalue weighted by Crippen LogP contribution is -2.28. The fourth-order valence-corrected chi connectivity index (χ4v) is 2.22. The Hall–Kier alpha value is -0.530. The van der Waals surface area contributed by atoms with Gasteiger partial charge in [0.2, 0.25) is 0 Å². The summed E-state index contributed by atoms with van der Waals surface area (Å²) in [6.45, 7) is 6.65. The first-order valence-electron chi connectivity index (χ1n) is 6.72. The molecule has 0 spiro atoms. The Bertz CT molecular complexity index is 278. The predicted octanol–water partition coefficient (Wildman–Crippen LogP) is 4.83. The van der Waals surface area contributed by atoms with Crippen LogP contribution in [-0.4, -0.2) is 18.0 Å². The Morgan fingerprint density at radius 1 is 1.00 bits per heavy atom. The summed E-state index contributed by atoms with van der Waals surface area (Å²) in [5, 5.41) is 0. The lowest BCUT2D eigenvalue weighted by molar-refractivity contribution is 0.245. The molecule has 0 saturated heterocycles. The SMILES string of the molecule is CCCCN(CCCC)C(Cl)c1ccccc1. The van der Waals surface area contributed by atoms with E-state index in [4.69, 9.17) is 11.6 Å². The molecule has 0 radical (unpaired) electrons. The van der Waals surface area contributed by atoms with Gasteiger partial charge in [-0.1, -0.05) is 57.0 Å². The summed E-state index contributed by atoms with van der Waals surface area (Å²) in [6, 6.07) is 10.4. The molecular weight excluding hydrogens is 230 g/mol. The molecule has 0 saturated carbocycles. The zero-order valence-corrected chi connectivity index (χ0v) is 11.8. The Morgan fingerprint density at radius 2 is 1.53 bits per heavy atom. The van der Waals surface area contributed by atoms with Gasteiger partial charge in [-0.15, -0.1) is 11.6 Å². The molecule has 1 aromatic carbocycles. The molecular formula is C15H24ClN. The number of nitrogens with zero attached hydrogens (tertiary/aromatic N) is 1. The van der Waals surface area contributed by atoms with Crippen molar-refractivity contribution in [3.63, 3.8) is 0 Å². The zero-order valence-electron chi connectivity index (χ0n) is 11.0. The van der Waals surface area contributed by atoms with Crippen LogP contribution in [0.1, 0.15) is 50.6 Å². The first kappa shape index (κ1) is 14.5. The molecule has 96 valence electrons. The lowest BCUT2D eigenvalue weighted by Gasteiger charge is -2.27. The summed E-state index contributed by atoms with van der Waals surface area (Å²) in [5.74, 6) is 0. The maximum atomic E-state index is 6.57. The lowest BCUT2D eigenvalue weighted by atomic mass is 10.2. The molecule has 0 heterocycles. The first-order valence-corrected chi connectivity index (χ1v) is 7.16. The predicted molar refractivity (Wildman–Crippen MR) is 76.4 cm³/mol. The molecule has 0 aliphatic rings. The highest BCUT2D eigenvalue weighted by Gasteiger charge is 2.16. The molecule has 1 unspecified atom stereocenters. The fourth-order valence-electron chi connectivity index (χ4n) is 1.88. The molecule has 17 heavy (non-hydrogen) atoms. The van der Waals surface area contributed by atoms with Gasteiger partial charge in [-0.3, -0.25) is 4.90 Å². The van der Waals surface area contributed by atoms with Gasteiger partial charge in [-0.2, -0.15) is 0 Å². The van der Waals surface area contributed by atoms with Gasteiger partial charge in [-0.25, -0.2) is 0 Å². The van der Waals surface area contributed by atoms with Crippen molar-refractivity contribution in [1.82, 2.24) is 4.90 Å². The van der Waals surface area contributed by atoms with Crippen LogP contribution in [0.3, 0.4) is 0 Å². The number of hydrogen-bond acceptors (Lipinski definition) is 1. The van der Waals surface area contributed by atoms with Crippen molar-refractivity contribution in [2.75, 3.05) is 13.1 Å². The highest BCUT2D eigenvalue weighted by atomic mass is 35.5. The van der Waals surface area contributed by atoms with E-state index in [0.29, 0.717) is 0 Å². The fraction of sp³-hybridized carbons (Fsp3) is 0.600. The summed E-state index contributed by atoms with van der Waals surface area (Å²) in [4.78, 5) is 2.39. The Balaban J connectivity index is 2.61. The summed E-state index contributed by atoms with van der Waals surface area (Å²) in [6.07, 6.45) is 4.89. The van der Waals surface area contributed by atoms with Crippen LogP contribution in [0.2, 0.25) is 0 Å². The van der Waals surface area contributed by atoms with Gasteiger partial charge < -0.3 is 0 Å². The third kappa shape index (κ3) is 5.10. The van der Waals surface area contributed by atoms with Crippen molar-refractivity contribution >= 4 is 11.6 Å². The van der Waals surface area contributed by atoms with E-state index in [1.165, 1.54) is 31.2 Å². The van der Waals surface area contributed by atoms with Crippen LogP contribution < -0.4 is 0 Å². The molecule has 1 nitrogen and oxygen atoms in total. The number of benzene rings is 1. The third-order valence-electron chi connectivity index (χ3n) is 2.99. The summed E-state index contributed by atoms with van der Waals surface area (Å²) >= 11 is 6.57. The van der Waals surface area contributed by atoms with Crippen LogP contribution in [0.5, 0.6) is 0 Å². The average molecular weight is 254 g/mol. The summed E-state index contributed by atoms with van der Waals surface area (Å²) < 4.78 is 0. The van der Waals surface area contributed by atoms with Crippen molar-refractivity contribution in [1.29, 1.82) is 0 Å². The first-order chi connectivity index (χ1) is 8.29. The van der Waals surface area contributed by atoms with E-state index in [1.54, 1.807) is 0 Å². The minimum absolute atomic E-state index is 0.0225. The van der Waals surface area contributed by atoms with Gasteiger partial charge in [0.25, 0.3) is 0 Å². The van der Waals surface area contributed by atoms with Gasteiger partial charge in [0.05, 0.1) is 0 Å². The van der Waals surface area contributed by atoms with Crippen molar-refractivity contribution in [2.45, 2.75) is 45.0 Å². The zero-order chi connectivity index (χ0) is 12.5. The Morgan fingerprint density at radius 3 is 2.00 bits per heavy atom. The second kappa shape index (κ2) is 8.54. The van der Waals surface area contributed by atoms with E-state index in [9.17, 15) is 0 Å². The number of hydrogen-bond donors (Lipinski definition) is 0. The maximum absolute atomic E-state index is 6.57. The van der Waals surface area contributed by atoms with E-state index >= 15 is 0 Å².